The number of carbonyl (C=O) groups is 8. The maximum Gasteiger partial charge on any atom is 0.490 e. The largest absolute Gasteiger partial charge is 0.490 e. The lowest BCUT2D eigenvalue weighted by Crippen LogP contribution is -2.56. The highest BCUT2D eigenvalue weighted by Crippen LogP contribution is 2.32. The molecule has 1 aliphatic carbocycles. The number of anilines is 1. The third kappa shape index (κ3) is 13.3. The van der Waals surface area contributed by atoms with Gasteiger partial charge in [-0.25, -0.2) is 4.79 Å². The maximum absolute atomic E-state index is 13.7. The molecule has 0 saturated carbocycles. The number of nitrogens with one attached hydrogen (secondary N) is 5. The van der Waals surface area contributed by atoms with Gasteiger partial charge in [0.15, 0.2) is 11.6 Å². The van der Waals surface area contributed by atoms with Gasteiger partial charge < -0.3 is 42.3 Å². The van der Waals surface area contributed by atoms with E-state index >= 15 is 0 Å². The molecule has 1 fully saturated rings. The Balaban J connectivity index is 0.00000122. The summed E-state index contributed by atoms with van der Waals surface area (Å²) < 4.78 is 31.7. The molecule has 0 bridgehead atoms. The number of carboxylic acid groups (broad SMARTS) is 1. The quantitative estimate of drug-likeness (QED) is 0.0973. The van der Waals surface area contributed by atoms with Gasteiger partial charge in [0.05, 0.1) is 18.2 Å². The number of rotatable bonds is 17. The minimum absolute atomic E-state index is 0.0481. The van der Waals surface area contributed by atoms with Crippen molar-refractivity contribution in [2.24, 2.45) is 11.7 Å². The summed E-state index contributed by atoms with van der Waals surface area (Å²) in [7, 11) is 0. The lowest BCUT2D eigenvalue weighted by Gasteiger charge is -2.29. The molecular formula is C40H52F3N7O9. The predicted molar refractivity (Wildman–Crippen MR) is 209 cm³/mol. The first kappa shape index (κ1) is 47.5. The summed E-state index contributed by atoms with van der Waals surface area (Å²) >= 11 is 0. The van der Waals surface area contributed by atoms with Crippen LogP contribution in [-0.4, -0.2) is 114 Å². The number of nitrogens with two attached hydrogens (primary N) is 1. The van der Waals surface area contributed by atoms with Crippen LogP contribution in [0.2, 0.25) is 0 Å². The number of hydrogen-bond acceptors (Lipinski definition) is 10. The topological polar surface area (TPSA) is 246 Å². The Morgan fingerprint density at radius 1 is 0.864 bits per heavy atom. The van der Waals surface area contributed by atoms with Crippen LogP contribution in [0, 0.1) is 5.92 Å². The molecule has 5 amide bonds. The molecule has 1 aliphatic heterocycles. The molecular weight excluding hydrogens is 779 g/mol. The molecule has 2 aromatic carbocycles. The van der Waals surface area contributed by atoms with Crippen molar-refractivity contribution in [3.63, 3.8) is 0 Å². The number of fused-ring (bicyclic) bond motifs is 2. The molecule has 2 aromatic rings. The van der Waals surface area contributed by atoms with Crippen LogP contribution in [0.1, 0.15) is 98.1 Å². The van der Waals surface area contributed by atoms with Crippen LogP contribution in [0.15, 0.2) is 42.5 Å². The van der Waals surface area contributed by atoms with E-state index in [1.54, 1.807) is 42.5 Å². The van der Waals surface area contributed by atoms with E-state index in [0.717, 1.165) is 0 Å². The number of carboxylic acids is 1. The molecule has 322 valence electrons. The van der Waals surface area contributed by atoms with Gasteiger partial charge in [-0.05, 0) is 51.0 Å². The molecule has 4 atom stereocenters. The van der Waals surface area contributed by atoms with E-state index in [9.17, 15) is 46.7 Å². The first-order chi connectivity index (χ1) is 27.8. The van der Waals surface area contributed by atoms with Crippen LogP contribution in [0.4, 0.5) is 18.9 Å². The molecule has 0 spiro atoms. The zero-order valence-electron chi connectivity index (χ0n) is 33.4. The molecule has 16 nitrogen and oxygen atoms in total. The molecule has 0 unspecified atom stereocenters. The highest BCUT2D eigenvalue weighted by Gasteiger charge is 2.39. The number of amides is 5. The number of alkyl halides is 3. The van der Waals surface area contributed by atoms with E-state index in [1.807, 2.05) is 20.8 Å². The first-order valence-electron chi connectivity index (χ1n) is 19.3. The van der Waals surface area contributed by atoms with Crippen LogP contribution in [0.25, 0.3) is 0 Å². The Morgan fingerprint density at radius 3 is 2.08 bits per heavy atom. The minimum atomic E-state index is -5.08. The second kappa shape index (κ2) is 21.8. The number of benzene rings is 2. The standard InChI is InChI=1S/C38H51N7O7.C2HF3O2/c1-5-11-28(44-35(49)23(4)39)36(50)42-21-31(46)43-29(20-22(2)3)38(52)45-19-9-16-30(45)37(51)41-18-10-17-40-27-15-8-14-26-32(27)34(48)25-13-7-6-12-24(25)33(26)47;3-2(4,5)1(6)7/h6-8,12-15,22-23,28-30,40H,5,9-11,16-21,39H2,1-4H3,(H,41,51)(H,42,50)(H,43,46)(H,44,49);(H,6,7)/t23-,28-,29-,30-;/m0./s1. The zero-order valence-corrected chi connectivity index (χ0v) is 33.4. The molecule has 59 heavy (non-hydrogen) atoms. The van der Waals surface area contributed by atoms with Crippen molar-refractivity contribution in [2.75, 3.05) is 31.5 Å². The summed E-state index contributed by atoms with van der Waals surface area (Å²) in [4.78, 5) is 101. The number of carbonyl (C=O) groups excluding carboxylic acids is 7. The second-order valence-corrected chi connectivity index (χ2v) is 14.6. The molecule has 2 aliphatic rings. The molecule has 4 rings (SSSR count). The number of nitrogens with zero attached hydrogens (tertiary/aromatic N) is 1. The van der Waals surface area contributed by atoms with Gasteiger partial charge in [-0.2, -0.15) is 13.2 Å². The van der Waals surface area contributed by atoms with Crippen molar-refractivity contribution in [3.05, 3.63) is 64.7 Å². The summed E-state index contributed by atoms with van der Waals surface area (Å²) in [6, 6.07) is 8.67. The van der Waals surface area contributed by atoms with Crippen LogP contribution < -0.4 is 32.3 Å². The van der Waals surface area contributed by atoms with Crippen LogP contribution in [0.5, 0.6) is 0 Å². The fourth-order valence-electron chi connectivity index (χ4n) is 6.53. The van der Waals surface area contributed by atoms with Gasteiger partial charge in [-0.1, -0.05) is 63.6 Å². The van der Waals surface area contributed by atoms with E-state index in [1.165, 1.54) is 11.8 Å². The maximum atomic E-state index is 13.7. The van der Waals surface area contributed by atoms with Crippen molar-refractivity contribution in [1.29, 1.82) is 0 Å². The Bertz CT molecular complexity index is 1890. The number of halogens is 3. The molecule has 0 radical (unpaired) electrons. The lowest BCUT2D eigenvalue weighted by molar-refractivity contribution is -0.192. The normalized spacial score (nSPS) is 16.0. The highest BCUT2D eigenvalue weighted by molar-refractivity contribution is 6.30. The van der Waals surface area contributed by atoms with Gasteiger partial charge in [0.2, 0.25) is 29.5 Å². The van der Waals surface area contributed by atoms with Gasteiger partial charge in [0.1, 0.15) is 18.1 Å². The lowest BCUT2D eigenvalue weighted by atomic mass is 9.83. The summed E-state index contributed by atoms with van der Waals surface area (Å²) in [6.07, 6.45) is -2.14. The average Bonchev–Trinajstić information content (AvgIpc) is 3.68. The SMILES string of the molecule is CCC[C@H](NC(=O)[C@H](C)N)C(=O)NCC(=O)N[C@@H](CC(C)C)C(=O)N1CCC[C@H]1C(=O)NCCCNc1cccc2c1C(=O)c1ccccc1C2=O.O=C(O)C(F)(F)F. The summed E-state index contributed by atoms with van der Waals surface area (Å²) in [5, 5.41) is 21.2. The molecule has 1 heterocycles. The predicted octanol–water partition coefficient (Wildman–Crippen LogP) is 2.28. The summed E-state index contributed by atoms with van der Waals surface area (Å²) in [5.41, 5.74) is 7.62. The number of hydrogen-bond donors (Lipinski definition) is 7. The molecule has 19 heteroatoms. The van der Waals surface area contributed by atoms with E-state index in [4.69, 9.17) is 15.6 Å². The third-order valence-corrected chi connectivity index (χ3v) is 9.39. The minimum Gasteiger partial charge on any atom is -0.475 e. The van der Waals surface area contributed by atoms with Crippen LogP contribution >= 0.6 is 0 Å². The van der Waals surface area contributed by atoms with Gasteiger partial charge in [-0.15, -0.1) is 0 Å². The van der Waals surface area contributed by atoms with E-state index in [2.05, 4.69) is 26.6 Å². The van der Waals surface area contributed by atoms with Crippen molar-refractivity contribution in [1.82, 2.24) is 26.2 Å². The Kier molecular flexibility index (Phi) is 17.5. The van der Waals surface area contributed by atoms with E-state index in [0.29, 0.717) is 86.1 Å². The molecule has 0 aromatic heterocycles. The van der Waals surface area contributed by atoms with Gasteiger partial charge >= 0.3 is 12.1 Å². The Morgan fingerprint density at radius 2 is 1.49 bits per heavy atom. The third-order valence-electron chi connectivity index (χ3n) is 9.39. The molecule has 1 saturated heterocycles. The van der Waals surface area contributed by atoms with Crippen molar-refractivity contribution < 1.29 is 56.6 Å². The van der Waals surface area contributed by atoms with Crippen LogP contribution in [0.3, 0.4) is 0 Å². The Hall–Kier alpha value is -5.85. The van der Waals surface area contributed by atoms with Gasteiger partial charge in [-0.3, -0.25) is 33.6 Å². The number of ketones is 2. The van der Waals surface area contributed by atoms with E-state index in [-0.39, 0.29) is 29.3 Å². The van der Waals surface area contributed by atoms with Crippen molar-refractivity contribution in [3.8, 4) is 0 Å². The summed E-state index contributed by atoms with van der Waals surface area (Å²) in [5.74, 6) is -5.35. The fourth-order valence-corrected chi connectivity index (χ4v) is 6.53. The highest BCUT2D eigenvalue weighted by atomic mass is 19.4. The van der Waals surface area contributed by atoms with Crippen LogP contribution in [-0.2, 0) is 28.8 Å². The van der Waals surface area contributed by atoms with Crippen molar-refractivity contribution in [2.45, 2.75) is 96.6 Å². The smallest absolute Gasteiger partial charge is 0.475 e. The number of likely N-dealkylation sites (tertiary alicyclic amines) is 1. The average molecular weight is 832 g/mol. The second-order valence-electron chi connectivity index (χ2n) is 14.6. The van der Waals surface area contributed by atoms with E-state index < -0.39 is 60.6 Å². The number of aliphatic carboxylic acids is 1. The van der Waals surface area contributed by atoms with Gasteiger partial charge in [0.25, 0.3) is 0 Å². The first-order valence-corrected chi connectivity index (χ1v) is 19.3. The van der Waals surface area contributed by atoms with Crippen molar-refractivity contribution >= 4 is 52.8 Å². The zero-order chi connectivity index (χ0) is 44.0. The molecule has 8 N–H and O–H groups in total. The monoisotopic (exact) mass is 831 g/mol. The fraction of sp³-hybridized carbons (Fsp3) is 0.500. The Labute approximate surface area is 339 Å². The summed E-state index contributed by atoms with van der Waals surface area (Å²) in [6.45, 7) is 7.92. The van der Waals surface area contributed by atoms with Gasteiger partial charge in [0, 0.05) is 42.0 Å².